The molecule has 268 valence electrons. The molecular formula is C53H30N4S. The fourth-order valence-electron chi connectivity index (χ4n) is 11.4. The lowest BCUT2D eigenvalue weighted by molar-refractivity contribution is 0.714. The summed E-state index contributed by atoms with van der Waals surface area (Å²) in [7, 11) is 0. The van der Waals surface area contributed by atoms with E-state index in [9.17, 15) is 0 Å². The molecule has 4 nitrogen and oxygen atoms in total. The molecule has 4 aromatic heterocycles. The maximum atomic E-state index is 5.37. The van der Waals surface area contributed by atoms with Crippen LogP contribution in [0.4, 0.5) is 0 Å². The van der Waals surface area contributed by atoms with Crippen molar-refractivity contribution in [3.05, 3.63) is 227 Å². The van der Waals surface area contributed by atoms with E-state index in [4.69, 9.17) is 9.97 Å². The number of hydrogen-bond acceptors (Lipinski definition) is 4. The normalized spacial score (nSPS) is 16.8. The monoisotopic (exact) mass is 754 g/mol. The summed E-state index contributed by atoms with van der Waals surface area (Å²) in [5, 5.41) is 2.37. The van der Waals surface area contributed by atoms with Crippen LogP contribution in [0.2, 0.25) is 0 Å². The van der Waals surface area contributed by atoms with E-state index in [-0.39, 0.29) is 0 Å². The molecule has 5 heterocycles. The number of rotatable bonds is 1. The molecule has 0 radical (unpaired) electrons. The number of benzene rings is 6. The van der Waals surface area contributed by atoms with Crippen molar-refractivity contribution in [2.45, 2.75) is 20.6 Å². The molecule has 1 unspecified atom stereocenters. The first-order valence-corrected chi connectivity index (χ1v) is 20.6. The van der Waals surface area contributed by atoms with Crippen LogP contribution in [0.3, 0.4) is 0 Å². The molecule has 4 aliphatic rings. The standard InChI is InChI=1S/C53H30N4S/c1-5-16-38-32(12-1)33-13-2-6-17-39(33)52(38)40-18-7-3-14-34(40)37-27-44-49(28-43(37)52)58-48-22-10-8-19-41(48)53(44)42-20-11-24-55-50(42)51-45(53)26-31(29-56-51)57-46-21-9-4-15-35(46)36-23-25-54-30-47(36)57/h1-30H. The zero-order valence-electron chi connectivity index (χ0n) is 31.0. The highest BCUT2D eigenvalue weighted by Crippen LogP contribution is 2.67. The summed E-state index contributed by atoms with van der Waals surface area (Å²) in [6.45, 7) is 0. The summed E-state index contributed by atoms with van der Waals surface area (Å²) in [5.74, 6) is 0. The van der Waals surface area contributed by atoms with Crippen LogP contribution in [-0.2, 0) is 10.8 Å². The van der Waals surface area contributed by atoms with E-state index in [1.807, 2.05) is 36.5 Å². The average molecular weight is 755 g/mol. The van der Waals surface area contributed by atoms with E-state index < -0.39 is 10.8 Å². The predicted molar refractivity (Wildman–Crippen MR) is 232 cm³/mol. The molecule has 1 aliphatic heterocycles. The van der Waals surface area contributed by atoms with E-state index in [1.54, 1.807) is 0 Å². The summed E-state index contributed by atoms with van der Waals surface area (Å²) in [6.07, 6.45) is 7.80. The van der Waals surface area contributed by atoms with Crippen LogP contribution in [0.15, 0.2) is 192 Å². The average Bonchev–Trinajstić information content (AvgIpc) is 3.97. The number of hydrogen-bond donors (Lipinski definition) is 0. The van der Waals surface area contributed by atoms with Gasteiger partial charge in [0.05, 0.1) is 51.3 Å². The highest BCUT2D eigenvalue weighted by atomic mass is 32.2. The van der Waals surface area contributed by atoms with Gasteiger partial charge in [-0.3, -0.25) is 15.0 Å². The van der Waals surface area contributed by atoms with E-state index >= 15 is 0 Å². The van der Waals surface area contributed by atoms with Crippen molar-refractivity contribution in [3.63, 3.8) is 0 Å². The van der Waals surface area contributed by atoms with Crippen molar-refractivity contribution in [2.24, 2.45) is 0 Å². The largest absolute Gasteiger partial charge is 0.306 e. The first-order valence-electron chi connectivity index (χ1n) is 19.8. The van der Waals surface area contributed by atoms with Crippen LogP contribution in [0.25, 0.3) is 61.1 Å². The van der Waals surface area contributed by atoms with Gasteiger partial charge < -0.3 is 4.57 Å². The quantitative estimate of drug-likeness (QED) is 0.167. The molecule has 0 fully saturated rings. The van der Waals surface area contributed by atoms with Crippen molar-refractivity contribution in [2.75, 3.05) is 0 Å². The summed E-state index contributed by atoms with van der Waals surface area (Å²) in [6, 6.07) is 58.9. The Balaban J connectivity index is 1.11. The van der Waals surface area contributed by atoms with Crippen LogP contribution in [0.5, 0.6) is 0 Å². The SMILES string of the molecule is c1ccc2c(c1)Sc1cc3c(cc1C21c2cccnc2-c2ncc(-n4c5ccccc5c5ccncc54)cc21)-c1ccccc1C31c2ccccc2-c2ccccc21. The lowest BCUT2D eigenvalue weighted by atomic mass is 9.66. The zero-order valence-corrected chi connectivity index (χ0v) is 31.8. The van der Waals surface area contributed by atoms with Gasteiger partial charge in [0.25, 0.3) is 0 Å². The predicted octanol–water partition coefficient (Wildman–Crippen LogP) is 12.1. The molecule has 0 N–H and O–H groups in total. The third kappa shape index (κ3) is 3.51. The van der Waals surface area contributed by atoms with Crippen LogP contribution in [-0.4, -0.2) is 19.5 Å². The molecule has 3 aliphatic carbocycles. The third-order valence-electron chi connectivity index (χ3n) is 13.5. The zero-order chi connectivity index (χ0) is 37.7. The van der Waals surface area contributed by atoms with Crippen molar-refractivity contribution in [3.8, 4) is 39.3 Å². The van der Waals surface area contributed by atoms with Crippen LogP contribution in [0, 0.1) is 0 Å². The Morgan fingerprint density at radius 3 is 1.81 bits per heavy atom. The van der Waals surface area contributed by atoms with Gasteiger partial charge in [-0.05, 0) is 104 Å². The van der Waals surface area contributed by atoms with Crippen molar-refractivity contribution in [1.82, 2.24) is 19.5 Å². The van der Waals surface area contributed by atoms with Gasteiger partial charge in [0.2, 0.25) is 0 Å². The van der Waals surface area contributed by atoms with Crippen molar-refractivity contribution in [1.29, 1.82) is 0 Å². The van der Waals surface area contributed by atoms with Crippen molar-refractivity contribution < 1.29 is 0 Å². The molecule has 0 saturated heterocycles. The molecule has 1 atom stereocenters. The first-order chi connectivity index (χ1) is 28.8. The van der Waals surface area contributed by atoms with Crippen LogP contribution in [0.1, 0.15) is 44.5 Å². The molecule has 0 amide bonds. The van der Waals surface area contributed by atoms with Gasteiger partial charge in [0.15, 0.2) is 0 Å². The van der Waals surface area contributed by atoms with E-state index in [0.717, 1.165) is 33.7 Å². The molecule has 5 heteroatoms. The highest BCUT2D eigenvalue weighted by Gasteiger charge is 2.56. The maximum absolute atomic E-state index is 5.37. The van der Waals surface area contributed by atoms with Crippen molar-refractivity contribution >= 4 is 33.6 Å². The van der Waals surface area contributed by atoms with Crippen LogP contribution < -0.4 is 0 Å². The lowest BCUT2D eigenvalue weighted by Crippen LogP contribution is -2.33. The second-order valence-electron chi connectivity index (χ2n) is 15.9. The smallest absolute Gasteiger partial charge is 0.0939 e. The van der Waals surface area contributed by atoms with Gasteiger partial charge in [0.1, 0.15) is 0 Å². The Hall–Kier alpha value is -7.08. The molecule has 14 rings (SSSR count). The molecule has 58 heavy (non-hydrogen) atoms. The summed E-state index contributed by atoms with van der Waals surface area (Å²) < 4.78 is 2.33. The molecule has 0 saturated carbocycles. The first kappa shape index (κ1) is 31.1. The number of fused-ring (bicyclic) bond motifs is 22. The molecule has 2 spiro atoms. The Labute approximate surface area is 338 Å². The van der Waals surface area contributed by atoms with Crippen LogP contribution >= 0.6 is 11.8 Å². The van der Waals surface area contributed by atoms with E-state index in [1.165, 1.54) is 81.8 Å². The van der Waals surface area contributed by atoms with E-state index in [0.29, 0.717) is 0 Å². The van der Waals surface area contributed by atoms with E-state index in [2.05, 4.69) is 167 Å². The van der Waals surface area contributed by atoms with Gasteiger partial charge in [-0.25, -0.2) is 0 Å². The lowest BCUT2D eigenvalue weighted by Gasteiger charge is -2.40. The minimum atomic E-state index is -0.665. The number of nitrogens with zero attached hydrogens (tertiary/aromatic N) is 4. The summed E-state index contributed by atoms with van der Waals surface area (Å²) in [4.78, 5) is 17.6. The van der Waals surface area contributed by atoms with Gasteiger partial charge in [-0.1, -0.05) is 127 Å². The fraction of sp³-hybridized carbons (Fsp3) is 0.0377. The minimum absolute atomic E-state index is 0.425. The maximum Gasteiger partial charge on any atom is 0.0939 e. The van der Waals surface area contributed by atoms with Gasteiger partial charge in [-0.15, -0.1) is 0 Å². The molecule has 0 bridgehead atoms. The van der Waals surface area contributed by atoms with Gasteiger partial charge in [-0.2, -0.15) is 0 Å². The number of para-hydroxylation sites is 1. The second kappa shape index (κ2) is 10.9. The Bertz CT molecular complexity index is 3370. The van der Waals surface area contributed by atoms with Gasteiger partial charge >= 0.3 is 0 Å². The Morgan fingerprint density at radius 1 is 0.397 bits per heavy atom. The molecular weight excluding hydrogens is 725 g/mol. The topological polar surface area (TPSA) is 43.6 Å². The molecule has 6 aromatic carbocycles. The number of aromatic nitrogens is 4. The highest BCUT2D eigenvalue weighted by molar-refractivity contribution is 7.99. The number of pyridine rings is 3. The summed E-state index contributed by atoms with van der Waals surface area (Å²) in [5.41, 5.74) is 19.5. The third-order valence-corrected chi connectivity index (χ3v) is 14.6. The minimum Gasteiger partial charge on any atom is -0.306 e. The Kier molecular flexibility index (Phi) is 5.81. The second-order valence-corrected chi connectivity index (χ2v) is 16.9. The Morgan fingerprint density at radius 2 is 1.02 bits per heavy atom. The molecule has 10 aromatic rings. The fourth-order valence-corrected chi connectivity index (χ4v) is 12.6. The van der Waals surface area contributed by atoms with Gasteiger partial charge in [0, 0.05) is 38.5 Å². The summed E-state index contributed by atoms with van der Waals surface area (Å²) >= 11 is 1.89.